The Hall–Kier alpha value is -3.00. The molecule has 1 aromatic carbocycles. The molecule has 7 nitrogen and oxygen atoms in total. The number of amides is 2. The van der Waals surface area contributed by atoms with E-state index in [1.807, 2.05) is 42.6 Å². The van der Waals surface area contributed by atoms with Crippen LogP contribution in [0.5, 0.6) is 0 Å². The third-order valence-corrected chi connectivity index (χ3v) is 5.22. The third-order valence-electron chi connectivity index (χ3n) is 4.33. The van der Waals surface area contributed by atoms with Crippen molar-refractivity contribution in [3.63, 3.8) is 0 Å². The molecule has 3 rings (SSSR count). The van der Waals surface area contributed by atoms with Gasteiger partial charge in [-0.15, -0.1) is 11.3 Å². The molecule has 2 heterocycles. The van der Waals surface area contributed by atoms with Crippen LogP contribution in [-0.2, 0) is 16.1 Å². The molecule has 0 aliphatic rings. The Balaban J connectivity index is 1.82. The summed E-state index contributed by atoms with van der Waals surface area (Å²) in [5.41, 5.74) is 1.48. The van der Waals surface area contributed by atoms with E-state index in [0.29, 0.717) is 16.8 Å². The number of likely N-dealkylation sites (N-methyl/N-ethyl adjacent to an activating group) is 1. The fourth-order valence-electron chi connectivity index (χ4n) is 2.80. The quantitative estimate of drug-likeness (QED) is 0.661. The van der Waals surface area contributed by atoms with Crippen LogP contribution in [0, 0.1) is 0 Å². The van der Waals surface area contributed by atoms with E-state index < -0.39 is 0 Å². The number of carbonyl (C=O) groups is 2. The van der Waals surface area contributed by atoms with Gasteiger partial charge in [-0.3, -0.25) is 19.0 Å². The normalized spacial score (nSPS) is 10.8. The Morgan fingerprint density at radius 2 is 2.00 bits per heavy atom. The van der Waals surface area contributed by atoms with Gasteiger partial charge >= 0.3 is 0 Å². The monoisotopic (exact) mass is 398 g/mol. The number of thiophene rings is 1. The van der Waals surface area contributed by atoms with Crippen LogP contribution < -0.4 is 10.9 Å². The average molecular weight is 398 g/mol. The SMILES string of the molecule is CCCNC(=O)CN(C)C(=O)Cn1cnc2scc(-c3ccccc3)c2c1=O. The second-order valence-corrected chi connectivity index (χ2v) is 7.33. The standard InChI is InChI=1S/C20H22N4O3S/c1-3-9-21-16(25)10-23(2)17(26)11-24-13-22-19-18(20(24)27)15(12-28-19)14-7-5-4-6-8-14/h4-8,12-13H,3,9-11H2,1-2H3,(H,21,25). The number of aromatic nitrogens is 2. The number of carbonyl (C=O) groups excluding carboxylic acids is 2. The van der Waals surface area contributed by atoms with Crippen molar-refractivity contribution in [3.8, 4) is 11.1 Å². The van der Waals surface area contributed by atoms with Crippen LogP contribution in [0.3, 0.4) is 0 Å². The molecular weight excluding hydrogens is 376 g/mol. The molecule has 0 fully saturated rings. The van der Waals surface area contributed by atoms with Crippen LogP contribution in [0.25, 0.3) is 21.3 Å². The number of hydrogen-bond donors (Lipinski definition) is 1. The fourth-order valence-corrected chi connectivity index (χ4v) is 3.71. The van der Waals surface area contributed by atoms with E-state index in [4.69, 9.17) is 0 Å². The van der Waals surface area contributed by atoms with E-state index in [1.165, 1.54) is 27.1 Å². The molecule has 28 heavy (non-hydrogen) atoms. The molecule has 0 aliphatic carbocycles. The highest BCUT2D eigenvalue weighted by Gasteiger charge is 2.17. The Labute approximate surface area is 166 Å². The zero-order valence-electron chi connectivity index (χ0n) is 15.8. The van der Waals surface area contributed by atoms with Gasteiger partial charge in [-0.2, -0.15) is 0 Å². The molecule has 8 heteroatoms. The zero-order valence-corrected chi connectivity index (χ0v) is 16.7. The predicted molar refractivity (Wildman–Crippen MR) is 110 cm³/mol. The van der Waals surface area contributed by atoms with Gasteiger partial charge in [-0.1, -0.05) is 37.3 Å². The van der Waals surface area contributed by atoms with E-state index >= 15 is 0 Å². The number of benzene rings is 1. The summed E-state index contributed by atoms with van der Waals surface area (Å²) in [6.07, 6.45) is 2.22. The fraction of sp³-hybridized carbons (Fsp3) is 0.300. The van der Waals surface area contributed by atoms with E-state index in [0.717, 1.165) is 17.5 Å². The van der Waals surface area contributed by atoms with Gasteiger partial charge in [0.2, 0.25) is 11.8 Å². The van der Waals surface area contributed by atoms with E-state index in [1.54, 1.807) is 7.05 Å². The number of hydrogen-bond acceptors (Lipinski definition) is 5. The first-order valence-electron chi connectivity index (χ1n) is 9.04. The summed E-state index contributed by atoms with van der Waals surface area (Å²) in [6.45, 7) is 2.32. The summed E-state index contributed by atoms with van der Waals surface area (Å²) < 4.78 is 1.30. The molecule has 2 aromatic heterocycles. The first-order chi connectivity index (χ1) is 13.5. The highest BCUT2D eigenvalue weighted by Crippen LogP contribution is 2.30. The molecule has 0 bridgehead atoms. The highest BCUT2D eigenvalue weighted by molar-refractivity contribution is 7.17. The van der Waals surface area contributed by atoms with E-state index in [-0.39, 0.29) is 30.5 Å². The van der Waals surface area contributed by atoms with Gasteiger partial charge in [0.1, 0.15) is 11.4 Å². The first-order valence-corrected chi connectivity index (χ1v) is 9.92. The molecule has 0 atom stereocenters. The van der Waals surface area contributed by atoms with Crippen LogP contribution in [-0.4, -0.2) is 46.4 Å². The van der Waals surface area contributed by atoms with Gasteiger partial charge < -0.3 is 10.2 Å². The molecular formula is C20H22N4O3S. The van der Waals surface area contributed by atoms with E-state index in [9.17, 15) is 14.4 Å². The number of nitrogens with zero attached hydrogens (tertiary/aromatic N) is 3. The van der Waals surface area contributed by atoms with Gasteiger partial charge in [0.25, 0.3) is 5.56 Å². The first kappa shape index (κ1) is 19.8. The highest BCUT2D eigenvalue weighted by atomic mass is 32.1. The molecule has 2 amide bonds. The molecule has 146 valence electrons. The molecule has 0 saturated carbocycles. The van der Waals surface area contributed by atoms with Crippen molar-refractivity contribution >= 4 is 33.4 Å². The van der Waals surface area contributed by atoms with Crippen molar-refractivity contribution in [3.05, 3.63) is 52.4 Å². The van der Waals surface area contributed by atoms with Crippen LogP contribution in [0.15, 0.2) is 46.8 Å². The lowest BCUT2D eigenvalue weighted by Gasteiger charge is -2.17. The van der Waals surface area contributed by atoms with Crippen LogP contribution in [0.2, 0.25) is 0 Å². The van der Waals surface area contributed by atoms with Crippen molar-refractivity contribution in [1.82, 2.24) is 19.8 Å². The van der Waals surface area contributed by atoms with Gasteiger partial charge in [-0.25, -0.2) is 4.98 Å². The van der Waals surface area contributed by atoms with Crippen molar-refractivity contribution in [1.29, 1.82) is 0 Å². The lowest BCUT2D eigenvalue weighted by Crippen LogP contribution is -2.41. The molecule has 3 aromatic rings. The minimum Gasteiger partial charge on any atom is -0.355 e. The summed E-state index contributed by atoms with van der Waals surface area (Å²) in [5, 5.41) is 5.14. The maximum absolute atomic E-state index is 13.0. The average Bonchev–Trinajstić information content (AvgIpc) is 3.14. The third kappa shape index (κ3) is 4.28. The van der Waals surface area contributed by atoms with Gasteiger partial charge in [0.05, 0.1) is 18.3 Å². The number of fused-ring (bicyclic) bond motifs is 1. The van der Waals surface area contributed by atoms with Gasteiger partial charge in [0.15, 0.2) is 0 Å². The minimum absolute atomic E-state index is 0.0447. The Kier molecular flexibility index (Phi) is 6.20. The lowest BCUT2D eigenvalue weighted by molar-refractivity contribution is -0.135. The van der Waals surface area contributed by atoms with E-state index in [2.05, 4.69) is 10.3 Å². The molecule has 0 spiro atoms. The summed E-state index contributed by atoms with van der Waals surface area (Å²) in [7, 11) is 1.55. The summed E-state index contributed by atoms with van der Waals surface area (Å²) in [6, 6.07) is 9.61. The zero-order chi connectivity index (χ0) is 20.1. The molecule has 0 aliphatic heterocycles. The molecule has 1 N–H and O–H groups in total. The van der Waals surface area contributed by atoms with Crippen LogP contribution in [0.4, 0.5) is 0 Å². The maximum Gasteiger partial charge on any atom is 0.263 e. The summed E-state index contributed by atoms with van der Waals surface area (Å²) in [4.78, 5) is 43.5. The van der Waals surface area contributed by atoms with Crippen molar-refractivity contribution in [2.75, 3.05) is 20.1 Å². The van der Waals surface area contributed by atoms with Crippen molar-refractivity contribution < 1.29 is 9.59 Å². The van der Waals surface area contributed by atoms with Crippen molar-refractivity contribution in [2.45, 2.75) is 19.9 Å². The molecule has 0 unspecified atom stereocenters. The Morgan fingerprint density at radius 3 is 2.71 bits per heavy atom. The second kappa shape index (κ2) is 8.79. The molecule has 0 radical (unpaired) electrons. The topological polar surface area (TPSA) is 84.3 Å². The Morgan fingerprint density at radius 1 is 1.25 bits per heavy atom. The lowest BCUT2D eigenvalue weighted by atomic mass is 10.1. The summed E-state index contributed by atoms with van der Waals surface area (Å²) in [5.74, 6) is -0.547. The minimum atomic E-state index is -0.327. The second-order valence-electron chi connectivity index (χ2n) is 6.47. The van der Waals surface area contributed by atoms with Crippen LogP contribution >= 0.6 is 11.3 Å². The van der Waals surface area contributed by atoms with Gasteiger partial charge in [0, 0.05) is 24.5 Å². The summed E-state index contributed by atoms with van der Waals surface area (Å²) >= 11 is 1.40. The number of nitrogens with one attached hydrogen (secondary N) is 1. The van der Waals surface area contributed by atoms with Crippen LogP contribution in [0.1, 0.15) is 13.3 Å². The maximum atomic E-state index is 13.0. The number of rotatable bonds is 7. The van der Waals surface area contributed by atoms with Gasteiger partial charge in [-0.05, 0) is 12.0 Å². The predicted octanol–water partition coefficient (Wildman–Crippen LogP) is 2.11. The van der Waals surface area contributed by atoms with Crippen molar-refractivity contribution in [2.24, 2.45) is 0 Å². The Bertz CT molecular complexity index is 1040. The smallest absolute Gasteiger partial charge is 0.263 e. The largest absolute Gasteiger partial charge is 0.355 e. The molecule has 0 saturated heterocycles.